The highest BCUT2D eigenvalue weighted by Crippen LogP contribution is 2.30. The zero-order valence-electron chi connectivity index (χ0n) is 19.6. The Bertz CT molecular complexity index is 1430. The van der Waals surface area contributed by atoms with Crippen molar-refractivity contribution in [3.63, 3.8) is 0 Å². The van der Waals surface area contributed by atoms with Crippen LogP contribution in [0.3, 0.4) is 0 Å². The average Bonchev–Trinajstić information content (AvgIpc) is 2.89. The molecule has 0 fully saturated rings. The lowest BCUT2D eigenvalue weighted by atomic mass is 10.1. The fraction of sp³-hybridized carbons (Fsp3) is 0.148. The number of rotatable bonds is 8. The Balaban J connectivity index is 1.46. The fourth-order valence-corrected chi connectivity index (χ4v) is 4.22. The van der Waals surface area contributed by atoms with Crippen LogP contribution in [0.5, 0.6) is 11.5 Å². The second kappa shape index (κ2) is 10.9. The van der Waals surface area contributed by atoms with Crippen molar-refractivity contribution >= 4 is 46.5 Å². The van der Waals surface area contributed by atoms with Crippen LogP contribution in [0.4, 0.5) is 5.69 Å². The summed E-state index contributed by atoms with van der Waals surface area (Å²) >= 11 is 1.49. The number of aromatic nitrogens is 2. The Morgan fingerprint density at radius 3 is 2.37 bits per heavy atom. The number of thioether (sulfide) groups is 1. The highest BCUT2D eigenvalue weighted by Gasteiger charge is 2.12. The third-order valence-electron chi connectivity index (χ3n) is 5.35. The maximum Gasteiger partial charge on any atom is 0.276 e. The standard InChI is InChI=1S/C27H25N3O4S/c1-30-23-16-25(34-3)24(33-2)15-22(23)29-21(27(30)32)14-11-18-9-12-19(13-10-18)28-26(31)17-35-20-7-5-4-6-8-20/h4-16H,17H2,1-3H3,(H,28,31)/b14-11+. The number of carbonyl (C=O) groups excluding carboxylic acids is 1. The molecular formula is C27H25N3O4S. The van der Waals surface area contributed by atoms with Crippen LogP contribution in [0.25, 0.3) is 23.2 Å². The summed E-state index contributed by atoms with van der Waals surface area (Å²) in [5, 5.41) is 2.90. The molecule has 1 N–H and O–H groups in total. The number of hydrogen-bond donors (Lipinski definition) is 1. The van der Waals surface area contributed by atoms with Gasteiger partial charge in [-0.25, -0.2) is 4.98 Å². The molecule has 4 rings (SSSR count). The molecule has 0 aliphatic carbocycles. The van der Waals surface area contributed by atoms with Crippen molar-refractivity contribution in [2.24, 2.45) is 7.05 Å². The maximum absolute atomic E-state index is 12.8. The summed E-state index contributed by atoms with van der Waals surface area (Å²) in [6.45, 7) is 0. The first-order valence-electron chi connectivity index (χ1n) is 10.9. The van der Waals surface area contributed by atoms with E-state index in [0.29, 0.717) is 39.7 Å². The van der Waals surface area contributed by atoms with E-state index in [1.807, 2.05) is 60.7 Å². The number of fused-ring (bicyclic) bond motifs is 1. The number of benzene rings is 3. The molecule has 0 aliphatic heterocycles. The Morgan fingerprint density at radius 2 is 1.69 bits per heavy atom. The Morgan fingerprint density at radius 1 is 1.00 bits per heavy atom. The average molecular weight is 488 g/mol. The normalized spacial score (nSPS) is 11.1. The van der Waals surface area contributed by atoms with Crippen LogP contribution in [-0.4, -0.2) is 35.4 Å². The summed E-state index contributed by atoms with van der Waals surface area (Å²) < 4.78 is 12.2. The van der Waals surface area contributed by atoms with Crippen LogP contribution >= 0.6 is 11.8 Å². The number of amides is 1. The molecule has 0 atom stereocenters. The second-order valence-corrected chi connectivity index (χ2v) is 8.71. The molecule has 35 heavy (non-hydrogen) atoms. The van der Waals surface area contributed by atoms with Gasteiger partial charge in [-0.3, -0.25) is 9.59 Å². The molecule has 0 saturated carbocycles. The molecule has 0 aliphatic rings. The zero-order chi connectivity index (χ0) is 24.8. The van der Waals surface area contributed by atoms with Gasteiger partial charge in [-0.1, -0.05) is 36.4 Å². The zero-order valence-corrected chi connectivity index (χ0v) is 20.5. The minimum absolute atomic E-state index is 0.0712. The van der Waals surface area contributed by atoms with Gasteiger partial charge in [0.2, 0.25) is 5.91 Å². The summed E-state index contributed by atoms with van der Waals surface area (Å²) in [6.07, 6.45) is 3.50. The summed E-state index contributed by atoms with van der Waals surface area (Å²) in [5.74, 6) is 1.34. The molecule has 4 aromatic rings. The molecule has 7 nitrogen and oxygen atoms in total. The van der Waals surface area contributed by atoms with E-state index in [-0.39, 0.29) is 11.5 Å². The van der Waals surface area contributed by atoms with Gasteiger partial charge in [0.1, 0.15) is 5.69 Å². The van der Waals surface area contributed by atoms with Gasteiger partial charge in [0, 0.05) is 29.8 Å². The van der Waals surface area contributed by atoms with Gasteiger partial charge in [-0.2, -0.15) is 0 Å². The Hall–Kier alpha value is -4.04. The first-order valence-corrected chi connectivity index (χ1v) is 11.9. The summed E-state index contributed by atoms with van der Waals surface area (Å²) in [4.78, 5) is 30.6. The molecule has 3 aromatic carbocycles. The Labute approximate surface area is 207 Å². The number of nitrogens with one attached hydrogen (secondary N) is 1. The van der Waals surface area contributed by atoms with Crippen LogP contribution in [-0.2, 0) is 11.8 Å². The molecule has 0 saturated heterocycles. The highest BCUT2D eigenvalue weighted by atomic mass is 32.2. The van der Waals surface area contributed by atoms with E-state index in [9.17, 15) is 9.59 Å². The van der Waals surface area contributed by atoms with Crippen molar-refractivity contribution in [2.45, 2.75) is 4.90 Å². The number of nitrogens with zero attached hydrogens (tertiary/aromatic N) is 2. The van der Waals surface area contributed by atoms with E-state index in [4.69, 9.17) is 9.47 Å². The lowest BCUT2D eigenvalue weighted by Gasteiger charge is -2.11. The molecule has 178 valence electrons. The number of anilines is 1. The van der Waals surface area contributed by atoms with Gasteiger partial charge in [-0.05, 0) is 35.9 Å². The van der Waals surface area contributed by atoms with Gasteiger partial charge in [-0.15, -0.1) is 11.8 Å². The maximum atomic E-state index is 12.8. The first-order chi connectivity index (χ1) is 17.0. The molecule has 1 heterocycles. The van der Waals surface area contributed by atoms with Crippen LogP contribution in [0.1, 0.15) is 11.3 Å². The van der Waals surface area contributed by atoms with Crippen molar-refractivity contribution in [1.29, 1.82) is 0 Å². The van der Waals surface area contributed by atoms with Crippen molar-refractivity contribution in [3.8, 4) is 11.5 Å². The smallest absolute Gasteiger partial charge is 0.276 e. The first kappa shape index (κ1) is 24.1. The molecule has 8 heteroatoms. The van der Waals surface area contributed by atoms with Crippen LogP contribution in [0.2, 0.25) is 0 Å². The molecule has 0 unspecified atom stereocenters. The third kappa shape index (κ3) is 5.73. The van der Waals surface area contributed by atoms with E-state index < -0.39 is 0 Å². The van der Waals surface area contributed by atoms with Gasteiger partial charge in [0.05, 0.1) is 31.0 Å². The number of methoxy groups -OCH3 is 2. The second-order valence-electron chi connectivity index (χ2n) is 7.66. The van der Waals surface area contributed by atoms with Crippen molar-refractivity contribution in [2.75, 3.05) is 25.3 Å². The molecule has 1 amide bonds. The SMILES string of the molecule is COc1cc2nc(/C=C/c3ccc(NC(=O)CSc4ccccc4)cc3)c(=O)n(C)c2cc1OC. The molecule has 0 bridgehead atoms. The highest BCUT2D eigenvalue weighted by molar-refractivity contribution is 8.00. The van der Waals surface area contributed by atoms with Gasteiger partial charge in [0.15, 0.2) is 11.5 Å². The third-order valence-corrected chi connectivity index (χ3v) is 6.36. The van der Waals surface area contributed by atoms with Crippen molar-refractivity contribution < 1.29 is 14.3 Å². The molecular weight excluding hydrogens is 462 g/mol. The number of aryl methyl sites for hydroxylation is 1. The number of ether oxygens (including phenoxy) is 2. The van der Waals surface area contributed by atoms with Gasteiger partial charge >= 0.3 is 0 Å². The van der Waals surface area contributed by atoms with E-state index in [0.717, 1.165) is 10.5 Å². The van der Waals surface area contributed by atoms with E-state index in [1.165, 1.54) is 16.3 Å². The van der Waals surface area contributed by atoms with Crippen molar-refractivity contribution in [1.82, 2.24) is 9.55 Å². The molecule has 1 aromatic heterocycles. The topological polar surface area (TPSA) is 82.5 Å². The summed E-state index contributed by atoms with van der Waals surface area (Å²) in [7, 11) is 4.80. The Kier molecular flexibility index (Phi) is 7.52. The van der Waals surface area contributed by atoms with E-state index in [2.05, 4.69) is 10.3 Å². The lowest BCUT2D eigenvalue weighted by Crippen LogP contribution is -2.21. The van der Waals surface area contributed by atoms with Crippen LogP contribution in [0.15, 0.2) is 76.4 Å². The molecule has 0 radical (unpaired) electrons. The van der Waals surface area contributed by atoms with Crippen molar-refractivity contribution in [3.05, 3.63) is 88.3 Å². The van der Waals surface area contributed by atoms with Crippen LogP contribution < -0.4 is 20.3 Å². The molecule has 0 spiro atoms. The summed E-state index contributed by atoms with van der Waals surface area (Å²) in [5.41, 5.74) is 2.94. The predicted molar refractivity (Wildman–Crippen MR) is 141 cm³/mol. The largest absolute Gasteiger partial charge is 0.493 e. The number of hydrogen-bond acceptors (Lipinski definition) is 6. The van der Waals surface area contributed by atoms with E-state index >= 15 is 0 Å². The minimum Gasteiger partial charge on any atom is -0.493 e. The van der Waals surface area contributed by atoms with E-state index in [1.54, 1.807) is 39.5 Å². The number of carbonyl (C=O) groups is 1. The lowest BCUT2D eigenvalue weighted by molar-refractivity contribution is -0.113. The minimum atomic E-state index is -0.222. The van der Waals surface area contributed by atoms with Crippen LogP contribution in [0, 0.1) is 0 Å². The van der Waals surface area contributed by atoms with Gasteiger partial charge < -0.3 is 19.4 Å². The quantitative estimate of drug-likeness (QED) is 0.358. The predicted octanol–water partition coefficient (Wildman–Crippen LogP) is 4.85. The monoisotopic (exact) mass is 487 g/mol. The van der Waals surface area contributed by atoms with Gasteiger partial charge in [0.25, 0.3) is 5.56 Å². The summed E-state index contributed by atoms with van der Waals surface area (Å²) in [6, 6.07) is 20.7. The fourth-order valence-electron chi connectivity index (χ4n) is 3.50.